The Morgan fingerprint density at radius 2 is 2.38 bits per heavy atom. The third-order valence-electron chi connectivity index (χ3n) is 3.33. The average Bonchev–Trinajstić information content (AvgIpc) is 2.62. The van der Waals surface area contributed by atoms with Crippen LogP contribution in [0.3, 0.4) is 0 Å². The Labute approximate surface area is 110 Å². The van der Waals surface area contributed by atoms with E-state index < -0.39 is 0 Å². The second-order valence-corrected chi connectivity index (χ2v) is 6.35. The molecule has 1 atom stereocenters. The summed E-state index contributed by atoms with van der Waals surface area (Å²) in [7, 11) is 0. The fourth-order valence-electron chi connectivity index (χ4n) is 2.05. The van der Waals surface area contributed by atoms with Gasteiger partial charge in [0.1, 0.15) is 0 Å². The van der Waals surface area contributed by atoms with Crippen molar-refractivity contribution >= 4 is 27.3 Å². The molecule has 0 radical (unpaired) electrons. The SMILES string of the molecule is NCC(NCCC1CCC1)c1cc(Br)cs1. The number of halogens is 1. The lowest BCUT2D eigenvalue weighted by Crippen LogP contribution is -2.30. The number of nitrogens with one attached hydrogen (secondary N) is 1. The molecule has 2 nitrogen and oxygen atoms in total. The highest BCUT2D eigenvalue weighted by Crippen LogP contribution is 2.29. The third kappa shape index (κ3) is 3.29. The van der Waals surface area contributed by atoms with E-state index >= 15 is 0 Å². The first-order valence-electron chi connectivity index (χ1n) is 5.97. The fourth-order valence-corrected chi connectivity index (χ4v) is 3.59. The minimum atomic E-state index is 0.330. The highest BCUT2D eigenvalue weighted by molar-refractivity contribution is 9.10. The summed E-state index contributed by atoms with van der Waals surface area (Å²) >= 11 is 5.25. The van der Waals surface area contributed by atoms with E-state index in [1.165, 1.54) is 30.6 Å². The van der Waals surface area contributed by atoms with Crippen LogP contribution in [-0.4, -0.2) is 13.1 Å². The molecule has 2 rings (SSSR count). The molecule has 0 aliphatic heterocycles. The maximum absolute atomic E-state index is 5.81. The molecular formula is C12H19BrN2S. The minimum absolute atomic E-state index is 0.330. The molecule has 1 heterocycles. The van der Waals surface area contributed by atoms with Crippen molar-refractivity contribution in [1.82, 2.24) is 5.32 Å². The molecule has 1 aliphatic carbocycles. The molecule has 0 bridgehead atoms. The zero-order valence-corrected chi connectivity index (χ0v) is 11.8. The van der Waals surface area contributed by atoms with Crippen molar-refractivity contribution in [2.24, 2.45) is 11.7 Å². The van der Waals surface area contributed by atoms with Gasteiger partial charge >= 0.3 is 0 Å². The van der Waals surface area contributed by atoms with Crippen molar-refractivity contribution in [3.63, 3.8) is 0 Å². The van der Waals surface area contributed by atoms with Gasteiger partial charge in [-0.05, 0) is 40.9 Å². The summed E-state index contributed by atoms with van der Waals surface area (Å²) < 4.78 is 1.16. The van der Waals surface area contributed by atoms with E-state index in [2.05, 4.69) is 32.7 Å². The van der Waals surface area contributed by atoms with E-state index in [0.717, 1.165) is 16.9 Å². The summed E-state index contributed by atoms with van der Waals surface area (Å²) in [5.74, 6) is 0.973. The van der Waals surface area contributed by atoms with Crippen LogP contribution < -0.4 is 11.1 Å². The maximum Gasteiger partial charge on any atom is 0.0539 e. The molecule has 1 fully saturated rings. The second kappa shape index (κ2) is 6.15. The zero-order chi connectivity index (χ0) is 11.4. The number of thiophene rings is 1. The number of hydrogen-bond acceptors (Lipinski definition) is 3. The Balaban J connectivity index is 1.76. The van der Waals surface area contributed by atoms with Gasteiger partial charge in [0.2, 0.25) is 0 Å². The van der Waals surface area contributed by atoms with Crippen molar-refractivity contribution in [3.8, 4) is 0 Å². The fraction of sp³-hybridized carbons (Fsp3) is 0.667. The monoisotopic (exact) mass is 302 g/mol. The van der Waals surface area contributed by atoms with Crippen LogP contribution in [0.5, 0.6) is 0 Å². The van der Waals surface area contributed by atoms with E-state index in [9.17, 15) is 0 Å². The van der Waals surface area contributed by atoms with Crippen molar-refractivity contribution in [1.29, 1.82) is 0 Å². The highest BCUT2D eigenvalue weighted by atomic mass is 79.9. The summed E-state index contributed by atoms with van der Waals surface area (Å²) in [4.78, 5) is 1.34. The number of rotatable bonds is 6. The normalized spacial score (nSPS) is 18.4. The van der Waals surface area contributed by atoms with Gasteiger partial charge in [0, 0.05) is 21.3 Å². The second-order valence-electron chi connectivity index (χ2n) is 4.50. The Kier molecular flexibility index (Phi) is 4.82. The van der Waals surface area contributed by atoms with E-state index in [0.29, 0.717) is 12.6 Å². The third-order valence-corrected chi connectivity index (χ3v) is 5.14. The van der Waals surface area contributed by atoms with Crippen molar-refractivity contribution in [2.75, 3.05) is 13.1 Å². The molecule has 4 heteroatoms. The molecule has 0 aromatic carbocycles. The molecular weight excluding hydrogens is 284 g/mol. The van der Waals surface area contributed by atoms with Gasteiger partial charge in [0.15, 0.2) is 0 Å². The van der Waals surface area contributed by atoms with Crippen LogP contribution in [0.15, 0.2) is 15.9 Å². The van der Waals surface area contributed by atoms with Gasteiger partial charge in [-0.2, -0.15) is 0 Å². The molecule has 90 valence electrons. The molecule has 0 amide bonds. The first kappa shape index (κ1) is 12.6. The van der Waals surface area contributed by atoms with Crippen molar-refractivity contribution in [3.05, 3.63) is 20.8 Å². The van der Waals surface area contributed by atoms with Gasteiger partial charge in [0.25, 0.3) is 0 Å². The summed E-state index contributed by atoms with van der Waals surface area (Å²) in [5.41, 5.74) is 5.81. The lowest BCUT2D eigenvalue weighted by molar-refractivity contribution is 0.288. The Morgan fingerprint density at radius 1 is 1.56 bits per heavy atom. The zero-order valence-electron chi connectivity index (χ0n) is 9.42. The molecule has 1 aromatic rings. The molecule has 0 spiro atoms. The number of nitrogens with two attached hydrogens (primary N) is 1. The molecule has 16 heavy (non-hydrogen) atoms. The van der Waals surface area contributed by atoms with Crippen LogP contribution in [0.2, 0.25) is 0 Å². The molecule has 1 aromatic heterocycles. The highest BCUT2D eigenvalue weighted by Gasteiger charge is 2.17. The quantitative estimate of drug-likeness (QED) is 0.846. The van der Waals surface area contributed by atoms with Crippen LogP contribution >= 0.6 is 27.3 Å². The summed E-state index contributed by atoms with van der Waals surface area (Å²) in [6.45, 7) is 1.78. The van der Waals surface area contributed by atoms with Crippen molar-refractivity contribution in [2.45, 2.75) is 31.7 Å². The largest absolute Gasteiger partial charge is 0.329 e. The van der Waals surface area contributed by atoms with Gasteiger partial charge in [0.05, 0.1) is 6.04 Å². The summed E-state index contributed by atoms with van der Waals surface area (Å²) in [6, 6.07) is 2.50. The van der Waals surface area contributed by atoms with Crippen LogP contribution in [0.4, 0.5) is 0 Å². The Bertz CT molecular complexity index is 323. The van der Waals surface area contributed by atoms with E-state index in [1.54, 1.807) is 11.3 Å². The van der Waals surface area contributed by atoms with Gasteiger partial charge < -0.3 is 11.1 Å². The number of hydrogen-bond donors (Lipinski definition) is 2. The molecule has 0 saturated heterocycles. The molecule has 1 aliphatic rings. The smallest absolute Gasteiger partial charge is 0.0539 e. The van der Waals surface area contributed by atoms with E-state index in [4.69, 9.17) is 5.73 Å². The van der Waals surface area contributed by atoms with Gasteiger partial charge in [-0.3, -0.25) is 0 Å². The van der Waals surface area contributed by atoms with Crippen LogP contribution in [0.1, 0.15) is 36.6 Å². The lowest BCUT2D eigenvalue weighted by atomic mass is 9.83. The molecule has 1 saturated carbocycles. The topological polar surface area (TPSA) is 38.0 Å². The summed E-state index contributed by atoms with van der Waals surface area (Å²) in [6.07, 6.45) is 5.60. The van der Waals surface area contributed by atoms with Gasteiger partial charge in [-0.1, -0.05) is 19.3 Å². The lowest BCUT2D eigenvalue weighted by Gasteiger charge is -2.26. The molecule has 1 unspecified atom stereocenters. The van der Waals surface area contributed by atoms with Crippen LogP contribution in [0, 0.1) is 5.92 Å². The standard InChI is InChI=1S/C12H19BrN2S/c13-10-6-12(16-8-10)11(7-14)15-5-4-9-2-1-3-9/h6,8-9,11,15H,1-5,7,14H2. The van der Waals surface area contributed by atoms with Crippen LogP contribution in [0.25, 0.3) is 0 Å². The Morgan fingerprint density at radius 3 is 2.88 bits per heavy atom. The Hall–Kier alpha value is 0.1000. The predicted octanol–water partition coefficient (Wildman–Crippen LogP) is 3.29. The minimum Gasteiger partial charge on any atom is -0.329 e. The predicted molar refractivity (Wildman–Crippen MR) is 73.8 cm³/mol. The van der Waals surface area contributed by atoms with E-state index in [1.807, 2.05) is 0 Å². The first-order chi connectivity index (χ1) is 7.79. The van der Waals surface area contributed by atoms with E-state index in [-0.39, 0.29) is 0 Å². The van der Waals surface area contributed by atoms with Gasteiger partial charge in [-0.25, -0.2) is 0 Å². The van der Waals surface area contributed by atoms with Crippen molar-refractivity contribution < 1.29 is 0 Å². The van der Waals surface area contributed by atoms with Crippen LogP contribution in [-0.2, 0) is 0 Å². The average molecular weight is 303 g/mol. The maximum atomic E-state index is 5.81. The summed E-state index contributed by atoms with van der Waals surface area (Å²) in [5, 5.41) is 5.68. The molecule has 3 N–H and O–H groups in total. The first-order valence-corrected chi connectivity index (χ1v) is 7.64. The van der Waals surface area contributed by atoms with Gasteiger partial charge in [-0.15, -0.1) is 11.3 Å².